The van der Waals surface area contributed by atoms with Crippen molar-refractivity contribution in [3.05, 3.63) is 23.9 Å². The Bertz CT molecular complexity index is 289. The lowest BCUT2D eigenvalue weighted by atomic mass is 10.2. The summed E-state index contributed by atoms with van der Waals surface area (Å²) in [5.74, 6) is -0.385. The zero-order chi connectivity index (χ0) is 11.7. The summed E-state index contributed by atoms with van der Waals surface area (Å²) in [5.41, 5.74) is 0.402. The lowest BCUT2D eigenvalue weighted by Gasteiger charge is -2.00. The number of allylic oxidation sites excluding steroid dienone is 1. The summed E-state index contributed by atoms with van der Waals surface area (Å²) in [7, 11) is 0. The summed E-state index contributed by atoms with van der Waals surface area (Å²) in [6.07, 6.45) is 5.80. The summed E-state index contributed by atoms with van der Waals surface area (Å²) < 4.78 is 4.86. The van der Waals surface area contributed by atoms with Gasteiger partial charge in [0.1, 0.15) is 5.17 Å². The van der Waals surface area contributed by atoms with Gasteiger partial charge in [0.25, 0.3) is 0 Å². The van der Waals surface area contributed by atoms with Crippen LogP contribution in [-0.2, 0) is 9.53 Å². The SMILES string of the molecule is CC/C=C/C(=C\N=C(C)Cl)C(=O)OCC. The van der Waals surface area contributed by atoms with Crippen LogP contribution in [0.2, 0.25) is 0 Å². The van der Waals surface area contributed by atoms with Gasteiger partial charge in [0.15, 0.2) is 0 Å². The summed E-state index contributed by atoms with van der Waals surface area (Å²) >= 11 is 5.57. The van der Waals surface area contributed by atoms with Crippen LogP contribution in [0, 0.1) is 0 Å². The molecule has 15 heavy (non-hydrogen) atoms. The molecule has 0 heterocycles. The highest BCUT2D eigenvalue weighted by Crippen LogP contribution is 2.03. The molecule has 0 amide bonds. The highest BCUT2D eigenvalue weighted by atomic mass is 35.5. The Balaban J connectivity index is 4.72. The van der Waals surface area contributed by atoms with Crippen LogP contribution in [0.25, 0.3) is 0 Å². The average molecular weight is 230 g/mol. The van der Waals surface area contributed by atoms with Crippen molar-refractivity contribution in [1.82, 2.24) is 0 Å². The van der Waals surface area contributed by atoms with Crippen molar-refractivity contribution in [1.29, 1.82) is 0 Å². The first kappa shape index (κ1) is 13.9. The lowest BCUT2D eigenvalue weighted by Crippen LogP contribution is -2.05. The first-order valence-corrected chi connectivity index (χ1v) is 5.23. The second-order valence-corrected chi connectivity index (χ2v) is 3.29. The van der Waals surface area contributed by atoms with Crippen molar-refractivity contribution in [2.45, 2.75) is 27.2 Å². The smallest absolute Gasteiger partial charge is 0.339 e. The van der Waals surface area contributed by atoms with Crippen molar-refractivity contribution >= 4 is 22.7 Å². The van der Waals surface area contributed by atoms with E-state index in [9.17, 15) is 4.79 Å². The molecule has 0 aliphatic carbocycles. The summed E-state index contributed by atoms with van der Waals surface area (Å²) in [6, 6.07) is 0. The number of carbonyl (C=O) groups excluding carboxylic acids is 1. The number of carbonyl (C=O) groups is 1. The molecule has 0 saturated carbocycles. The predicted molar refractivity (Wildman–Crippen MR) is 63.1 cm³/mol. The predicted octanol–water partition coefficient (Wildman–Crippen LogP) is 3.06. The molecule has 0 aromatic rings. The van der Waals surface area contributed by atoms with Gasteiger partial charge in [-0.1, -0.05) is 30.7 Å². The van der Waals surface area contributed by atoms with E-state index in [1.165, 1.54) is 6.20 Å². The molecule has 0 spiro atoms. The van der Waals surface area contributed by atoms with Crippen LogP contribution in [0.5, 0.6) is 0 Å². The molecule has 4 heteroatoms. The molecule has 0 aliphatic heterocycles. The Labute approximate surface area is 95.5 Å². The quantitative estimate of drug-likeness (QED) is 0.315. The zero-order valence-corrected chi connectivity index (χ0v) is 10.0. The fraction of sp³-hybridized carbons (Fsp3) is 0.455. The van der Waals surface area contributed by atoms with Gasteiger partial charge in [-0.3, -0.25) is 0 Å². The molecular weight excluding hydrogens is 214 g/mol. The first-order chi connectivity index (χ1) is 7.11. The van der Waals surface area contributed by atoms with Crippen molar-refractivity contribution in [3.8, 4) is 0 Å². The first-order valence-electron chi connectivity index (χ1n) is 4.85. The molecule has 3 nitrogen and oxygen atoms in total. The molecule has 0 fully saturated rings. The summed E-state index contributed by atoms with van der Waals surface area (Å²) in [5, 5.41) is 0.377. The Morgan fingerprint density at radius 2 is 2.13 bits per heavy atom. The minimum Gasteiger partial charge on any atom is -0.462 e. The van der Waals surface area contributed by atoms with Gasteiger partial charge >= 0.3 is 5.97 Å². The number of halogens is 1. The van der Waals surface area contributed by atoms with E-state index in [4.69, 9.17) is 16.3 Å². The molecule has 0 atom stereocenters. The van der Waals surface area contributed by atoms with Crippen LogP contribution >= 0.6 is 11.6 Å². The molecule has 0 radical (unpaired) electrons. The van der Waals surface area contributed by atoms with Crippen molar-refractivity contribution in [2.75, 3.05) is 6.61 Å². The van der Waals surface area contributed by atoms with Crippen molar-refractivity contribution < 1.29 is 9.53 Å². The summed E-state index contributed by atoms with van der Waals surface area (Å²) in [6.45, 7) is 5.73. The lowest BCUT2D eigenvalue weighted by molar-refractivity contribution is -0.138. The number of aliphatic imine (C=N–C) groups is 1. The summed E-state index contributed by atoms with van der Waals surface area (Å²) in [4.78, 5) is 15.3. The molecule has 0 unspecified atom stereocenters. The highest BCUT2D eigenvalue weighted by molar-refractivity contribution is 6.64. The maximum Gasteiger partial charge on any atom is 0.339 e. The standard InChI is InChI=1S/C11H16ClNO2/c1-4-6-7-10(8-13-9(3)12)11(14)15-5-2/h6-8H,4-5H2,1-3H3/b7-6+,10-8+,13-9?. The maximum atomic E-state index is 11.4. The zero-order valence-electron chi connectivity index (χ0n) is 9.29. The monoisotopic (exact) mass is 229 g/mol. The van der Waals surface area contributed by atoms with Gasteiger partial charge in [-0.05, 0) is 20.3 Å². The number of esters is 1. The fourth-order valence-corrected chi connectivity index (χ4v) is 0.830. The number of nitrogens with zero attached hydrogens (tertiary/aromatic N) is 1. The third-order valence-electron chi connectivity index (χ3n) is 1.43. The molecular formula is C11H16ClNO2. The Kier molecular flexibility index (Phi) is 7.64. The van der Waals surface area contributed by atoms with E-state index in [0.29, 0.717) is 17.4 Å². The minimum atomic E-state index is -0.385. The van der Waals surface area contributed by atoms with Crippen molar-refractivity contribution in [3.63, 3.8) is 0 Å². The van der Waals surface area contributed by atoms with Crippen LogP contribution in [-0.4, -0.2) is 17.7 Å². The number of ether oxygens (including phenoxy) is 1. The van der Waals surface area contributed by atoms with Gasteiger partial charge in [-0.2, -0.15) is 0 Å². The van der Waals surface area contributed by atoms with Crippen LogP contribution in [0.3, 0.4) is 0 Å². The Morgan fingerprint density at radius 3 is 2.60 bits per heavy atom. The number of hydrogen-bond donors (Lipinski definition) is 0. The van der Waals surface area contributed by atoms with E-state index in [2.05, 4.69) is 4.99 Å². The van der Waals surface area contributed by atoms with E-state index in [1.807, 2.05) is 13.0 Å². The van der Waals surface area contributed by atoms with Crippen LogP contribution in [0.15, 0.2) is 28.9 Å². The van der Waals surface area contributed by atoms with Crippen LogP contribution in [0.1, 0.15) is 27.2 Å². The largest absolute Gasteiger partial charge is 0.462 e. The molecule has 0 saturated heterocycles. The molecule has 84 valence electrons. The van der Waals surface area contributed by atoms with Crippen LogP contribution < -0.4 is 0 Å². The van der Waals surface area contributed by atoms with Gasteiger partial charge in [0.05, 0.1) is 12.2 Å². The van der Waals surface area contributed by atoms with E-state index in [1.54, 1.807) is 19.9 Å². The number of hydrogen-bond acceptors (Lipinski definition) is 3. The van der Waals surface area contributed by atoms with Crippen molar-refractivity contribution in [2.24, 2.45) is 4.99 Å². The van der Waals surface area contributed by atoms with Crippen LogP contribution in [0.4, 0.5) is 0 Å². The molecule has 0 aromatic carbocycles. The fourth-order valence-electron chi connectivity index (χ4n) is 0.782. The highest BCUT2D eigenvalue weighted by Gasteiger charge is 2.05. The van der Waals surface area contributed by atoms with Gasteiger partial charge in [-0.15, -0.1) is 0 Å². The third-order valence-corrected chi connectivity index (χ3v) is 1.52. The third kappa shape index (κ3) is 6.91. The molecule has 0 N–H and O–H groups in total. The normalized spacial score (nSPS) is 13.3. The van der Waals surface area contributed by atoms with Gasteiger partial charge < -0.3 is 4.74 Å². The van der Waals surface area contributed by atoms with Gasteiger partial charge in [-0.25, -0.2) is 9.79 Å². The molecule has 0 rings (SSSR count). The van der Waals surface area contributed by atoms with E-state index in [0.717, 1.165) is 6.42 Å². The number of rotatable bonds is 5. The molecule has 0 aliphatic rings. The molecule has 0 aromatic heterocycles. The average Bonchev–Trinajstić information content (AvgIpc) is 2.17. The second kappa shape index (κ2) is 8.24. The van der Waals surface area contributed by atoms with E-state index in [-0.39, 0.29) is 5.97 Å². The minimum absolute atomic E-state index is 0.347. The Morgan fingerprint density at radius 1 is 1.47 bits per heavy atom. The maximum absolute atomic E-state index is 11.4. The van der Waals surface area contributed by atoms with E-state index >= 15 is 0 Å². The topological polar surface area (TPSA) is 38.7 Å². The van der Waals surface area contributed by atoms with Gasteiger partial charge in [0.2, 0.25) is 0 Å². The Hall–Kier alpha value is -1.09. The second-order valence-electron chi connectivity index (χ2n) is 2.74. The van der Waals surface area contributed by atoms with E-state index < -0.39 is 0 Å². The van der Waals surface area contributed by atoms with Gasteiger partial charge in [0, 0.05) is 6.20 Å². The molecule has 0 bridgehead atoms.